The standard InChI is InChI=1S/C15H12F3N3O.C2H6/c1-8-5-10(15(16,17)18)6-12(22)13(8)11-4-3-9-7-21(2)20-14(9)19-11;1-2/h3-7,22H,1-2H3;1-2H3. The van der Waals surface area contributed by atoms with Crippen molar-refractivity contribution in [2.75, 3.05) is 0 Å². The second-order valence-corrected chi connectivity index (χ2v) is 5.10. The zero-order chi connectivity index (χ0) is 18.1. The molecule has 2 aromatic heterocycles. The molecule has 0 unspecified atom stereocenters. The highest BCUT2D eigenvalue weighted by atomic mass is 19.4. The fourth-order valence-corrected chi connectivity index (χ4v) is 2.42. The van der Waals surface area contributed by atoms with Gasteiger partial charge in [-0.2, -0.15) is 18.3 Å². The molecule has 0 amide bonds. The Morgan fingerprint density at radius 2 is 1.79 bits per heavy atom. The number of alkyl halides is 3. The van der Waals surface area contributed by atoms with E-state index in [1.165, 1.54) is 6.92 Å². The van der Waals surface area contributed by atoms with Crippen LogP contribution in [0.5, 0.6) is 5.75 Å². The van der Waals surface area contributed by atoms with Crippen molar-refractivity contribution < 1.29 is 18.3 Å². The maximum Gasteiger partial charge on any atom is 0.416 e. The van der Waals surface area contributed by atoms with Gasteiger partial charge in [-0.1, -0.05) is 13.8 Å². The van der Waals surface area contributed by atoms with Gasteiger partial charge in [0.2, 0.25) is 0 Å². The molecule has 0 atom stereocenters. The molecule has 0 bridgehead atoms. The summed E-state index contributed by atoms with van der Waals surface area (Å²) in [5, 5.41) is 15.0. The number of fused-ring (bicyclic) bond motifs is 1. The second-order valence-electron chi connectivity index (χ2n) is 5.10. The number of halogens is 3. The van der Waals surface area contributed by atoms with Crippen molar-refractivity contribution in [2.24, 2.45) is 7.05 Å². The van der Waals surface area contributed by atoms with Crippen molar-refractivity contribution in [1.29, 1.82) is 0 Å². The Labute approximate surface area is 137 Å². The Bertz CT molecular complexity index is 846. The highest BCUT2D eigenvalue weighted by molar-refractivity contribution is 5.80. The third-order valence-electron chi connectivity index (χ3n) is 3.38. The van der Waals surface area contributed by atoms with Crippen LogP contribution in [0.4, 0.5) is 13.2 Å². The molecule has 0 aliphatic carbocycles. The summed E-state index contributed by atoms with van der Waals surface area (Å²) in [5.74, 6) is -0.449. The van der Waals surface area contributed by atoms with Gasteiger partial charge in [-0.05, 0) is 36.8 Å². The van der Waals surface area contributed by atoms with Gasteiger partial charge >= 0.3 is 6.18 Å². The second kappa shape index (κ2) is 6.51. The molecule has 0 saturated heterocycles. The zero-order valence-corrected chi connectivity index (χ0v) is 13.8. The Hall–Kier alpha value is -2.57. The molecular weight excluding hydrogens is 319 g/mol. The minimum Gasteiger partial charge on any atom is -0.507 e. The van der Waals surface area contributed by atoms with E-state index in [1.54, 1.807) is 30.1 Å². The van der Waals surface area contributed by atoms with Crippen LogP contribution in [-0.2, 0) is 13.2 Å². The van der Waals surface area contributed by atoms with Gasteiger partial charge in [-0.3, -0.25) is 4.68 Å². The average Bonchev–Trinajstić information content (AvgIpc) is 2.87. The van der Waals surface area contributed by atoms with Crippen LogP contribution >= 0.6 is 0 Å². The number of hydrogen-bond acceptors (Lipinski definition) is 3. The predicted molar refractivity (Wildman–Crippen MR) is 86.7 cm³/mol. The first kappa shape index (κ1) is 17.8. The highest BCUT2D eigenvalue weighted by Gasteiger charge is 2.32. The number of phenols is 1. The lowest BCUT2D eigenvalue weighted by molar-refractivity contribution is -0.137. The molecule has 3 aromatic rings. The first-order valence-corrected chi connectivity index (χ1v) is 7.47. The summed E-state index contributed by atoms with van der Waals surface area (Å²) in [4.78, 5) is 4.31. The van der Waals surface area contributed by atoms with Crippen molar-refractivity contribution in [2.45, 2.75) is 26.9 Å². The Morgan fingerprint density at radius 3 is 2.38 bits per heavy atom. The lowest BCUT2D eigenvalue weighted by Gasteiger charge is -2.13. The quantitative estimate of drug-likeness (QED) is 0.700. The lowest BCUT2D eigenvalue weighted by atomic mass is 10.00. The molecular formula is C17H18F3N3O. The molecule has 128 valence electrons. The molecule has 0 aliphatic heterocycles. The van der Waals surface area contributed by atoms with Gasteiger partial charge in [-0.15, -0.1) is 0 Å². The van der Waals surface area contributed by atoms with E-state index in [4.69, 9.17) is 0 Å². The van der Waals surface area contributed by atoms with Crippen LogP contribution in [0.2, 0.25) is 0 Å². The number of benzene rings is 1. The van der Waals surface area contributed by atoms with Crippen molar-refractivity contribution in [3.63, 3.8) is 0 Å². The fourth-order valence-electron chi connectivity index (χ4n) is 2.42. The van der Waals surface area contributed by atoms with Gasteiger partial charge in [-0.25, -0.2) is 4.98 Å². The summed E-state index contributed by atoms with van der Waals surface area (Å²) in [6, 6.07) is 5.13. The van der Waals surface area contributed by atoms with Crippen LogP contribution in [0.1, 0.15) is 25.0 Å². The van der Waals surface area contributed by atoms with Crippen molar-refractivity contribution in [1.82, 2.24) is 14.8 Å². The van der Waals surface area contributed by atoms with Crippen LogP contribution in [-0.4, -0.2) is 19.9 Å². The fraction of sp³-hybridized carbons (Fsp3) is 0.294. The molecule has 24 heavy (non-hydrogen) atoms. The van der Waals surface area contributed by atoms with E-state index in [0.717, 1.165) is 11.5 Å². The molecule has 1 aromatic carbocycles. The normalized spacial score (nSPS) is 11.3. The van der Waals surface area contributed by atoms with Crippen LogP contribution in [0, 0.1) is 6.92 Å². The number of nitrogens with zero attached hydrogens (tertiary/aromatic N) is 3. The first-order chi connectivity index (χ1) is 11.3. The maximum absolute atomic E-state index is 12.8. The summed E-state index contributed by atoms with van der Waals surface area (Å²) >= 11 is 0. The summed E-state index contributed by atoms with van der Waals surface area (Å²) in [7, 11) is 1.75. The van der Waals surface area contributed by atoms with Crippen LogP contribution < -0.4 is 0 Å². The van der Waals surface area contributed by atoms with E-state index in [9.17, 15) is 18.3 Å². The monoisotopic (exact) mass is 337 g/mol. The Balaban J connectivity index is 0.00000100. The molecule has 0 radical (unpaired) electrons. The summed E-state index contributed by atoms with van der Waals surface area (Å²) in [6.45, 7) is 5.51. The number of aryl methyl sites for hydroxylation is 2. The summed E-state index contributed by atoms with van der Waals surface area (Å²) in [5.41, 5.74) is 0.550. The van der Waals surface area contributed by atoms with Gasteiger partial charge in [0, 0.05) is 24.2 Å². The molecule has 0 spiro atoms. The van der Waals surface area contributed by atoms with Crippen molar-refractivity contribution in [3.05, 3.63) is 41.6 Å². The SMILES string of the molecule is CC.Cc1cc(C(F)(F)F)cc(O)c1-c1ccc2cn(C)nc2n1. The van der Waals surface area contributed by atoms with Gasteiger partial charge in [0.05, 0.1) is 11.3 Å². The molecule has 1 N–H and O–H groups in total. The molecule has 3 rings (SSSR count). The van der Waals surface area contributed by atoms with E-state index >= 15 is 0 Å². The summed E-state index contributed by atoms with van der Waals surface area (Å²) in [6.07, 6.45) is -2.72. The minimum absolute atomic E-state index is 0.278. The van der Waals surface area contributed by atoms with Gasteiger partial charge in [0.15, 0.2) is 5.65 Å². The first-order valence-electron chi connectivity index (χ1n) is 7.47. The molecule has 0 aliphatic rings. The van der Waals surface area contributed by atoms with E-state index < -0.39 is 17.5 Å². The van der Waals surface area contributed by atoms with Gasteiger partial charge in [0.25, 0.3) is 0 Å². The average molecular weight is 337 g/mol. The molecule has 0 fully saturated rings. The van der Waals surface area contributed by atoms with Gasteiger partial charge < -0.3 is 5.11 Å². The maximum atomic E-state index is 12.8. The Kier molecular flexibility index (Phi) is 4.82. The topological polar surface area (TPSA) is 50.9 Å². The minimum atomic E-state index is -4.50. The number of aromatic hydroxyl groups is 1. The third kappa shape index (κ3) is 3.34. The molecule has 7 heteroatoms. The van der Waals surface area contributed by atoms with Gasteiger partial charge in [0.1, 0.15) is 5.75 Å². The van der Waals surface area contributed by atoms with Crippen molar-refractivity contribution >= 4 is 11.0 Å². The molecule has 2 heterocycles. The number of rotatable bonds is 1. The smallest absolute Gasteiger partial charge is 0.416 e. The van der Waals surface area contributed by atoms with E-state index in [2.05, 4.69) is 10.1 Å². The summed E-state index contributed by atoms with van der Waals surface area (Å²) < 4.78 is 39.9. The Morgan fingerprint density at radius 1 is 1.12 bits per heavy atom. The molecule has 0 saturated carbocycles. The third-order valence-corrected chi connectivity index (χ3v) is 3.38. The van der Waals surface area contributed by atoms with Crippen LogP contribution in [0.15, 0.2) is 30.5 Å². The highest BCUT2D eigenvalue weighted by Crippen LogP contribution is 2.38. The number of phenolic OH excluding ortho intramolecular Hbond substituents is 1. The number of aromatic nitrogens is 3. The molecule has 4 nitrogen and oxygen atoms in total. The predicted octanol–water partition coefficient (Wildman–Crippen LogP) is 4.69. The van der Waals surface area contributed by atoms with E-state index in [0.29, 0.717) is 23.0 Å². The van der Waals surface area contributed by atoms with Crippen molar-refractivity contribution in [3.8, 4) is 17.0 Å². The van der Waals surface area contributed by atoms with E-state index in [-0.39, 0.29) is 5.56 Å². The van der Waals surface area contributed by atoms with Crippen LogP contribution in [0.3, 0.4) is 0 Å². The number of pyridine rings is 1. The zero-order valence-electron chi connectivity index (χ0n) is 13.8. The lowest BCUT2D eigenvalue weighted by Crippen LogP contribution is -2.05. The van der Waals surface area contributed by atoms with Crippen LogP contribution in [0.25, 0.3) is 22.3 Å². The van der Waals surface area contributed by atoms with E-state index in [1.807, 2.05) is 13.8 Å². The number of hydrogen-bond donors (Lipinski definition) is 1. The largest absolute Gasteiger partial charge is 0.507 e.